The highest BCUT2D eigenvalue weighted by Gasteiger charge is 2.38. The third-order valence-electron chi connectivity index (χ3n) is 3.60. The molecule has 1 aromatic rings. The minimum Gasteiger partial charge on any atom is -0.508 e. The van der Waals surface area contributed by atoms with Crippen LogP contribution in [-0.4, -0.2) is 28.5 Å². The van der Waals surface area contributed by atoms with Gasteiger partial charge in [-0.15, -0.1) is 0 Å². The number of phenolic OH excluding ortho intramolecular Hbond substituents is 1. The molecule has 0 unspecified atom stereocenters. The molecule has 19 heavy (non-hydrogen) atoms. The number of carbonyl (C=O) groups is 1. The second-order valence-electron chi connectivity index (χ2n) is 5.92. The number of nitrogens with zero attached hydrogens (tertiary/aromatic N) is 1. The first-order valence-electron chi connectivity index (χ1n) is 6.73. The van der Waals surface area contributed by atoms with Crippen molar-refractivity contribution < 1.29 is 9.90 Å². The monoisotopic (exact) mass is 262 g/mol. The standard InChI is InChI=1S/C15H22N2O2/c1-15(2,10-16)14(19)17(12-6-7-12)9-11-4-3-5-13(18)8-11/h3-5,8,12,18H,6-7,9-10,16H2,1-2H3. The summed E-state index contributed by atoms with van der Waals surface area (Å²) in [5.74, 6) is 0.333. The van der Waals surface area contributed by atoms with Gasteiger partial charge in [0.25, 0.3) is 0 Å². The van der Waals surface area contributed by atoms with Gasteiger partial charge in [0.2, 0.25) is 5.91 Å². The molecule has 2 rings (SSSR count). The second kappa shape index (κ2) is 5.21. The van der Waals surface area contributed by atoms with Gasteiger partial charge in [0.05, 0.1) is 5.41 Å². The van der Waals surface area contributed by atoms with Crippen LogP contribution in [0.2, 0.25) is 0 Å². The van der Waals surface area contributed by atoms with Crippen LogP contribution in [0.25, 0.3) is 0 Å². The molecule has 0 heterocycles. The quantitative estimate of drug-likeness (QED) is 0.851. The SMILES string of the molecule is CC(C)(CN)C(=O)N(Cc1cccc(O)c1)C1CC1. The van der Waals surface area contributed by atoms with E-state index in [1.807, 2.05) is 24.8 Å². The molecule has 0 aromatic heterocycles. The van der Waals surface area contributed by atoms with Gasteiger partial charge in [-0.25, -0.2) is 0 Å². The maximum atomic E-state index is 12.6. The van der Waals surface area contributed by atoms with Crippen LogP contribution in [0.1, 0.15) is 32.3 Å². The van der Waals surface area contributed by atoms with E-state index in [9.17, 15) is 9.90 Å². The van der Waals surface area contributed by atoms with Gasteiger partial charge in [-0.05, 0) is 44.4 Å². The molecule has 1 fully saturated rings. The zero-order valence-electron chi connectivity index (χ0n) is 11.6. The number of nitrogens with two attached hydrogens (primary N) is 1. The highest BCUT2D eigenvalue weighted by Crippen LogP contribution is 2.32. The van der Waals surface area contributed by atoms with Crippen LogP contribution < -0.4 is 5.73 Å². The van der Waals surface area contributed by atoms with Crippen molar-refractivity contribution in [2.45, 2.75) is 39.3 Å². The first-order valence-corrected chi connectivity index (χ1v) is 6.73. The predicted molar refractivity (Wildman–Crippen MR) is 74.5 cm³/mol. The average molecular weight is 262 g/mol. The summed E-state index contributed by atoms with van der Waals surface area (Å²) in [6.45, 7) is 4.65. The van der Waals surface area contributed by atoms with Crippen molar-refractivity contribution in [2.75, 3.05) is 6.54 Å². The molecule has 4 nitrogen and oxygen atoms in total. The van der Waals surface area contributed by atoms with Crippen LogP contribution >= 0.6 is 0 Å². The van der Waals surface area contributed by atoms with Gasteiger partial charge >= 0.3 is 0 Å². The highest BCUT2D eigenvalue weighted by atomic mass is 16.3. The minimum absolute atomic E-state index is 0.0980. The fraction of sp³-hybridized carbons (Fsp3) is 0.533. The molecule has 0 aliphatic heterocycles. The molecule has 3 N–H and O–H groups in total. The zero-order valence-corrected chi connectivity index (χ0v) is 11.6. The lowest BCUT2D eigenvalue weighted by Crippen LogP contribution is -2.45. The van der Waals surface area contributed by atoms with Gasteiger partial charge in [0.1, 0.15) is 5.75 Å². The maximum Gasteiger partial charge on any atom is 0.230 e. The van der Waals surface area contributed by atoms with Crippen LogP contribution in [0.5, 0.6) is 5.75 Å². The topological polar surface area (TPSA) is 66.6 Å². The van der Waals surface area contributed by atoms with E-state index in [2.05, 4.69) is 0 Å². The van der Waals surface area contributed by atoms with Crippen molar-refractivity contribution in [2.24, 2.45) is 11.1 Å². The number of carbonyl (C=O) groups excluding carboxylic acids is 1. The van der Waals surface area contributed by atoms with E-state index in [1.165, 1.54) is 0 Å². The summed E-state index contributed by atoms with van der Waals surface area (Å²) >= 11 is 0. The Labute approximate surface area is 114 Å². The van der Waals surface area contributed by atoms with Gasteiger partial charge in [-0.3, -0.25) is 4.79 Å². The molecule has 1 amide bonds. The van der Waals surface area contributed by atoms with E-state index in [4.69, 9.17) is 5.73 Å². The summed E-state index contributed by atoms with van der Waals surface area (Å²) in [4.78, 5) is 14.5. The van der Waals surface area contributed by atoms with Crippen LogP contribution in [0.4, 0.5) is 0 Å². The first kappa shape index (κ1) is 13.9. The maximum absolute atomic E-state index is 12.6. The third-order valence-corrected chi connectivity index (χ3v) is 3.60. The van der Waals surface area contributed by atoms with E-state index >= 15 is 0 Å². The lowest BCUT2D eigenvalue weighted by Gasteiger charge is -2.31. The minimum atomic E-state index is -0.528. The number of hydrogen-bond donors (Lipinski definition) is 2. The van der Waals surface area contributed by atoms with Crippen molar-refractivity contribution in [1.29, 1.82) is 0 Å². The first-order chi connectivity index (χ1) is 8.94. The number of phenols is 1. The van der Waals surface area contributed by atoms with Crippen molar-refractivity contribution in [3.63, 3.8) is 0 Å². The summed E-state index contributed by atoms with van der Waals surface area (Å²) in [5.41, 5.74) is 6.12. The molecule has 0 spiro atoms. The lowest BCUT2D eigenvalue weighted by molar-refractivity contribution is -0.141. The van der Waals surface area contributed by atoms with E-state index in [-0.39, 0.29) is 11.7 Å². The van der Waals surface area contributed by atoms with Crippen molar-refractivity contribution >= 4 is 5.91 Å². The van der Waals surface area contributed by atoms with Crippen LogP contribution in [0.3, 0.4) is 0 Å². The predicted octanol–water partition coefficient (Wildman–Crippen LogP) is 1.87. The Kier molecular flexibility index (Phi) is 3.80. The molecule has 1 aliphatic carbocycles. The average Bonchev–Trinajstić information content (AvgIpc) is 3.19. The van der Waals surface area contributed by atoms with E-state index in [1.54, 1.807) is 18.2 Å². The van der Waals surface area contributed by atoms with Crippen molar-refractivity contribution in [3.05, 3.63) is 29.8 Å². The molecular weight excluding hydrogens is 240 g/mol. The van der Waals surface area contributed by atoms with Gasteiger partial charge in [0.15, 0.2) is 0 Å². The molecule has 1 aromatic carbocycles. The fourth-order valence-electron chi connectivity index (χ4n) is 2.08. The van der Waals surface area contributed by atoms with Crippen molar-refractivity contribution in [3.8, 4) is 5.75 Å². The van der Waals surface area contributed by atoms with Gasteiger partial charge < -0.3 is 15.7 Å². The largest absolute Gasteiger partial charge is 0.508 e. The molecule has 0 saturated heterocycles. The molecule has 104 valence electrons. The summed E-state index contributed by atoms with van der Waals surface area (Å²) in [6.07, 6.45) is 2.12. The Morgan fingerprint density at radius 1 is 1.47 bits per heavy atom. The molecular formula is C15H22N2O2. The van der Waals surface area contributed by atoms with Crippen LogP contribution in [0.15, 0.2) is 24.3 Å². The smallest absolute Gasteiger partial charge is 0.230 e. The molecule has 1 aliphatic rings. The highest BCUT2D eigenvalue weighted by molar-refractivity contribution is 5.82. The molecule has 1 saturated carbocycles. The molecule has 4 heteroatoms. The fourth-order valence-corrected chi connectivity index (χ4v) is 2.08. The van der Waals surface area contributed by atoms with Gasteiger partial charge in [0, 0.05) is 19.1 Å². The molecule has 0 atom stereocenters. The van der Waals surface area contributed by atoms with Crippen LogP contribution in [0, 0.1) is 5.41 Å². The number of rotatable bonds is 5. The second-order valence-corrected chi connectivity index (χ2v) is 5.92. The van der Waals surface area contributed by atoms with Crippen LogP contribution in [-0.2, 0) is 11.3 Å². The Morgan fingerprint density at radius 3 is 2.68 bits per heavy atom. The van der Waals surface area contributed by atoms with E-state index in [0.29, 0.717) is 19.1 Å². The number of benzene rings is 1. The lowest BCUT2D eigenvalue weighted by atomic mass is 9.91. The Morgan fingerprint density at radius 2 is 2.16 bits per heavy atom. The normalized spacial score (nSPS) is 15.3. The third kappa shape index (κ3) is 3.26. The Balaban J connectivity index is 2.15. The molecule has 0 bridgehead atoms. The van der Waals surface area contributed by atoms with E-state index < -0.39 is 5.41 Å². The number of hydrogen-bond acceptors (Lipinski definition) is 3. The number of amides is 1. The summed E-state index contributed by atoms with van der Waals surface area (Å²) in [7, 11) is 0. The van der Waals surface area contributed by atoms with Gasteiger partial charge in [-0.2, -0.15) is 0 Å². The number of aromatic hydroxyl groups is 1. The van der Waals surface area contributed by atoms with E-state index in [0.717, 1.165) is 18.4 Å². The summed E-state index contributed by atoms with van der Waals surface area (Å²) < 4.78 is 0. The van der Waals surface area contributed by atoms with Crippen molar-refractivity contribution in [1.82, 2.24) is 4.90 Å². The Hall–Kier alpha value is -1.55. The van der Waals surface area contributed by atoms with Gasteiger partial charge in [-0.1, -0.05) is 12.1 Å². The zero-order chi connectivity index (χ0) is 14.0. The summed E-state index contributed by atoms with van der Waals surface area (Å²) in [5, 5.41) is 9.50. The summed E-state index contributed by atoms with van der Waals surface area (Å²) in [6, 6.07) is 7.40. The Bertz CT molecular complexity index is 467. The molecule has 0 radical (unpaired) electrons.